The van der Waals surface area contributed by atoms with Crippen LogP contribution in [0.3, 0.4) is 0 Å². The number of rotatable bonds is 2. The number of carbonyl (C=O) groups is 1. The Balaban J connectivity index is 2.76. The summed E-state index contributed by atoms with van der Waals surface area (Å²) in [5.41, 5.74) is 0.309. The molecular weight excluding hydrogens is 143 g/mol. The van der Waals surface area contributed by atoms with Gasteiger partial charge >= 0.3 is 5.97 Å². The summed E-state index contributed by atoms with van der Waals surface area (Å²) in [6, 6.07) is 1.51. The highest BCUT2D eigenvalue weighted by molar-refractivity contribution is 6.35. The maximum Gasteiger partial charge on any atom is 0.373 e. The Labute approximate surface area is 65.7 Å². The van der Waals surface area contributed by atoms with E-state index >= 15 is 0 Å². The minimum atomic E-state index is -0.519. The molecule has 11 heavy (non-hydrogen) atoms. The molecule has 0 aliphatic heterocycles. The SMILES string of the molecule is [B]c1ccoc1C(=O)OCC. The third-order valence-corrected chi connectivity index (χ3v) is 1.16. The van der Waals surface area contributed by atoms with Crippen LogP contribution in [0, 0.1) is 0 Å². The van der Waals surface area contributed by atoms with Crippen LogP contribution < -0.4 is 5.46 Å². The lowest BCUT2D eigenvalue weighted by molar-refractivity contribution is 0.0492. The number of esters is 1. The van der Waals surface area contributed by atoms with Crippen molar-refractivity contribution in [1.29, 1.82) is 0 Å². The first kappa shape index (κ1) is 7.92. The first-order valence-electron chi connectivity index (χ1n) is 3.25. The fourth-order valence-corrected chi connectivity index (χ4v) is 0.682. The lowest BCUT2D eigenvalue weighted by Gasteiger charge is -1.97. The van der Waals surface area contributed by atoms with E-state index in [4.69, 9.17) is 12.3 Å². The zero-order valence-corrected chi connectivity index (χ0v) is 6.16. The van der Waals surface area contributed by atoms with Crippen molar-refractivity contribution in [1.82, 2.24) is 0 Å². The third kappa shape index (κ3) is 1.64. The fourth-order valence-electron chi connectivity index (χ4n) is 0.682. The molecular formula is C7H7BO3. The molecule has 2 radical (unpaired) electrons. The van der Waals surface area contributed by atoms with Crippen LogP contribution in [0.4, 0.5) is 0 Å². The second kappa shape index (κ2) is 3.28. The Bertz CT molecular complexity index is 254. The van der Waals surface area contributed by atoms with Gasteiger partial charge in [-0.2, -0.15) is 0 Å². The molecule has 3 nitrogen and oxygen atoms in total. The van der Waals surface area contributed by atoms with Crippen molar-refractivity contribution < 1.29 is 13.9 Å². The van der Waals surface area contributed by atoms with Crippen LogP contribution in [0.1, 0.15) is 17.5 Å². The van der Waals surface area contributed by atoms with E-state index in [9.17, 15) is 4.79 Å². The Hall–Kier alpha value is -1.19. The number of hydrogen-bond acceptors (Lipinski definition) is 3. The van der Waals surface area contributed by atoms with Crippen LogP contribution in [-0.2, 0) is 4.74 Å². The lowest BCUT2D eigenvalue weighted by atomic mass is 9.97. The van der Waals surface area contributed by atoms with Crippen molar-refractivity contribution in [2.24, 2.45) is 0 Å². The summed E-state index contributed by atoms with van der Waals surface area (Å²) < 4.78 is 9.43. The van der Waals surface area contributed by atoms with Crippen LogP contribution in [0.15, 0.2) is 16.7 Å². The van der Waals surface area contributed by atoms with E-state index in [1.165, 1.54) is 12.3 Å². The number of furan rings is 1. The van der Waals surface area contributed by atoms with E-state index in [-0.39, 0.29) is 5.76 Å². The molecule has 4 heteroatoms. The molecule has 0 fully saturated rings. The Morgan fingerprint density at radius 2 is 2.55 bits per heavy atom. The van der Waals surface area contributed by atoms with Gasteiger partial charge in [-0.1, -0.05) is 0 Å². The minimum Gasteiger partial charge on any atom is -0.460 e. The average molecular weight is 150 g/mol. The standard InChI is InChI=1S/C7H7BO3/c1-2-10-7(9)6-5(8)3-4-11-6/h3-4H,2H2,1H3. The first-order valence-corrected chi connectivity index (χ1v) is 3.25. The largest absolute Gasteiger partial charge is 0.460 e. The molecule has 0 spiro atoms. The smallest absolute Gasteiger partial charge is 0.373 e. The van der Waals surface area contributed by atoms with Crippen LogP contribution in [0.25, 0.3) is 0 Å². The van der Waals surface area contributed by atoms with Crippen molar-refractivity contribution in [3.05, 3.63) is 18.1 Å². The van der Waals surface area contributed by atoms with Crippen LogP contribution in [0.2, 0.25) is 0 Å². The van der Waals surface area contributed by atoms with E-state index in [0.717, 1.165) is 0 Å². The molecule has 0 atom stereocenters. The Morgan fingerprint density at radius 3 is 3.00 bits per heavy atom. The van der Waals surface area contributed by atoms with Gasteiger partial charge in [0.25, 0.3) is 0 Å². The molecule has 0 unspecified atom stereocenters. The monoisotopic (exact) mass is 150 g/mol. The number of ether oxygens (including phenoxy) is 1. The van der Waals surface area contributed by atoms with Crippen molar-refractivity contribution >= 4 is 19.3 Å². The van der Waals surface area contributed by atoms with Gasteiger partial charge in [0.15, 0.2) is 0 Å². The molecule has 0 N–H and O–H groups in total. The van der Waals surface area contributed by atoms with Gasteiger partial charge in [0, 0.05) is 0 Å². The second-order valence-corrected chi connectivity index (χ2v) is 1.93. The van der Waals surface area contributed by atoms with Crippen molar-refractivity contribution in [2.75, 3.05) is 6.61 Å². The normalized spacial score (nSPS) is 9.55. The molecule has 0 bridgehead atoms. The van der Waals surface area contributed by atoms with Gasteiger partial charge in [0.05, 0.1) is 12.9 Å². The first-order chi connectivity index (χ1) is 5.25. The minimum absolute atomic E-state index is 0.0758. The highest BCUT2D eigenvalue weighted by Crippen LogP contribution is 1.98. The van der Waals surface area contributed by atoms with E-state index in [1.807, 2.05) is 0 Å². The molecule has 0 aliphatic carbocycles. The van der Waals surface area contributed by atoms with Crippen molar-refractivity contribution in [2.45, 2.75) is 6.92 Å². The predicted molar refractivity (Wildman–Crippen MR) is 40.1 cm³/mol. The second-order valence-electron chi connectivity index (χ2n) is 1.93. The van der Waals surface area contributed by atoms with Crippen LogP contribution in [0.5, 0.6) is 0 Å². The molecule has 0 saturated heterocycles. The summed E-state index contributed by atoms with van der Waals surface area (Å²) in [6.07, 6.45) is 1.35. The molecule has 0 aliphatic rings. The molecule has 0 aromatic carbocycles. The summed E-state index contributed by atoms with van der Waals surface area (Å²) >= 11 is 0. The van der Waals surface area contributed by atoms with Gasteiger partial charge in [-0.15, -0.1) is 0 Å². The van der Waals surface area contributed by atoms with E-state index in [2.05, 4.69) is 4.74 Å². The quantitative estimate of drug-likeness (QED) is 0.448. The highest BCUT2D eigenvalue weighted by atomic mass is 16.5. The topological polar surface area (TPSA) is 39.4 Å². The van der Waals surface area contributed by atoms with Gasteiger partial charge < -0.3 is 9.15 Å². The fraction of sp³-hybridized carbons (Fsp3) is 0.286. The van der Waals surface area contributed by atoms with Gasteiger partial charge in [0.2, 0.25) is 5.76 Å². The van der Waals surface area contributed by atoms with Gasteiger partial charge in [-0.25, -0.2) is 4.79 Å². The maximum atomic E-state index is 10.9. The Morgan fingerprint density at radius 1 is 1.82 bits per heavy atom. The molecule has 1 aromatic heterocycles. The van der Waals surface area contributed by atoms with E-state index in [0.29, 0.717) is 12.1 Å². The van der Waals surface area contributed by atoms with Crippen molar-refractivity contribution in [3.63, 3.8) is 0 Å². The third-order valence-electron chi connectivity index (χ3n) is 1.16. The van der Waals surface area contributed by atoms with Gasteiger partial charge in [-0.3, -0.25) is 0 Å². The molecule has 0 amide bonds. The maximum absolute atomic E-state index is 10.9. The average Bonchev–Trinajstić information content (AvgIpc) is 2.36. The zero-order chi connectivity index (χ0) is 8.27. The van der Waals surface area contributed by atoms with E-state index in [1.54, 1.807) is 6.92 Å². The molecule has 0 saturated carbocycles. The summed E-state index contributed by atoms with van der Waals surface area (Å²) in [5.74, 6) is -0.443. The molecule has 1 aromatic rings. The lowest BCUT2D eigenvalue weighted by Crippen LogP contribution is -2.14. The summed E-state index contributed by atoms with van der Waals surface area (Å²) in [6.45, 7) is 2.04. The number of carbonyl (C=O) groups excluding carboxylic acids is 1. The zero-order valence-electron chi connectivity index (χ0n) is 6.16. The van der Waals surface area contributed by atoms with E-state index < -0.39 is 5.97 Å². The highest BCUT2D eigenvalue weighted by Gasteiger charge is 2.11. The van der Waals surface area contributed by atoms with Gasteiger partial charge in [0.1, 0.15) is 7.85 Å². The molecule has 1 rings (SSSR count). The Kier molecular flexibility index (Phi) is 2.36. The summed E-state index contributed by atoms with van der Waals surface area (Å²) in [7, 11) is 5.38. The van der Waals surface area contributed by atoms with Crippen molar-refractivity contribution in [3.8, 4) is 0 Å². The van der Waals surface area contributed by atoms with Gasteiger partial charge in [-0.05, 0) is 18.5 Å². The van der Waals surface area contributed by atoms with Crippen LogP contribution >= 0.6 is 0 Å². The summed E-state index contributed by atoms with van der Waals surface area (Å²) in [5, 5.41) is 0. The number of hydrogen-bond donors (Lipinski definition) is 0. The molecule has 56 valence electrons. The molecule has 1 heterocycles. The summed E-state index contributed by atoms with van der Waals surface area (Å²) in [4.78, 5) is 10.9. The van der Waals surface area contributed by atoms with Crippen LogP contribution in [-0.4, -0.2) is 20.4 Å². The predicted octanol–water partition coefficient (Wildman–Crippen LogP) is 0.250.